The zero-order chi connectivity index (χ0) is 20.9. The third-order valence-electron chi connectivity index (χ3n) is 4.66. The lowest BCUT2D eigenvalue weighted by Crippen LogP contribution is -2.34. The summed E-state index contributed by atoms with van der Waals surface area (Å²) < 4.78 is 23.4. The standard InChI is InChI=1S/C16H21N4O7P/c1-12-6-8-16(9-7-12,28(25,26-2)27-3)11-17-18-14-5-4-13(19(21)22)10-15(14)20(23)24/h4-6,10-11,18H,7-9H2,1-3H3/b17-11+. The van der Waals surface area contributed by atoms with Crippen LogP contribution in [-0.4, -0.2) is 35.4 Å². The van der Waals surface area contributed by atoms with Crippen LogP contribution in [0.3, 0.4) is 0 Å². The van der Waals surface area contributed by atoms with Gasteiger partial charge in [0, 0.05) is 26.5 Å². The molecule has 0 amide bonds. The number of rotatable bonds is 8. The highest BCUT2D eigenvalue weighted by Crippen LogP contribution is 2.63. The molecule has 28 heavy (non-hydrogen) atoms. The third kappa shape index (κ3) is 4.27. The van der Waals surface area contributed by atoms with Crippen molar-refractivity contribution in [3.05, 3.63) is 50.1 Å². The molecule has 1 aliphatic carbocycles. The fourth-order valence-electron chi connectivity index (χ4n) is 2.94. The van der Waals surface area contributed by atoms with E-state index in [0.717, 1.165) is 17.7 Å². The van der Waals surface area contributed by atoms with Gasteiger partial charge >= 0.3 is 13.3 Å². The summed E-state index contributed by atoms with van der Waals surface area (Å²) in [5.74, 6) is 0. The first-order valence-electron chi connectivity index (χ1n) is 8.28. The molecular formula is C16H21N4O7P. The summed E-state index contributed by atoms with van der Waals surface area (Å²) in [7, 11) is -0.962. The molecule has 0 fully saturated rings. The van der Waals surface area contributed by atoms with Gasteiger partial charge in [-0.15, -0.1) is 0 Å². The maximum absolute atomic E-state index is 13.1. The van der Waals surface area contributed by atoms with Gasteiger partial charge in [-0.3, -0.25) is 30.2 Å². The Morgan fingerprint density at radius 2 is 1.93 bits per heavy atom. The highest BCUT2D eigenvalue weighted by molar-refractivity contribution is 7.56. The Labute approximate surface area is 161 Å². The van der Waals surface area contributed by atoms with Gasteiger partial charge in [0.2, 0.25) is 0 Å². The lowest BCUT2D eigenvalue weighted by atomic mass is 9.90. The Hall–Kier alpha value is -2.62. The first-order valence-corrected chi connectivity index (χ1v) is 9.82. The van der Waals surface area contributed by atoms with Gasteiger partial charge in [-0.2, -0.15) is 5.10 Å². The lowest BCUT2D eigenvalue weighted by Gasteiger charge is -2.36. The van der Waals surface area contributed by atoms with Gasteiger partial charge in [-0.25, -0.2) is 0 Å². The van der Waals surface area contributed by atoms with Crippen molar-refractivity contribution in [3.8, 4) is 0 Å². The van der Waals surface area contributed by atoms with E-state index in [1.54, 1.807) is 0 Å². The van der Waals surface area contributed by atoms with Crippen LogP contribution in [0, 0.1) is 20.2 Å². The smallest absolute Gasteiger partial charge is 0.311 e. The Morgan fingerprint density at radius 1 is 1.25 bits per heavy atom. The van der Waals surface area contributed by atoms with Gasteiger partial charge in [0.1, 0.15) is 10.8 Å². The molecule has 1 aromatic carbocycles. The summed E-state index contributed by atoms with van der Waals surface area (Å²) in [6, 6.07) is 3.16. The van der Waals surface area contributed by atoms with E-state index in [2.05, 4.69) is 10.5 Å². The Bertz CT molecular complexity index is 878. The number of nitrogens with zero attached hydrogens (tertiary/aromatic N) is 3. The zero-order valence-electron chi connectivity index (χ0n) is 15.7. The van der Waals surface area contributed by atoms with Crippen LogP contribution in [0.1, 0.15) is 26.2 Å². The fraction of sp³-hybridized carbons (Fsp3) is 0.438. The largest absolute Gasteiger partial charge is 0.341 e. The molecule has 0 heterocycles. The summed E-state index contributed by atoms with van der Waals surface area (Å²) in [6.45, 7) is 1.96. The minimum absolute atomic E-state index is 0.0331. The zero-order valence-corrected chi connectivity index (χ0v) is 16.5. The maximum atomic E-state index is 13.1. The van der Waals surface area contributed by atoms with Crippen molar-refractivity contribution >= 4 is 30.9 Å². The molecule has 0 saturated heterocycles. The van der Waals surface area contributed by atoms with Crippen LogP contribution in [-0.2, 0) is 13.6 Å². The number of non-ortho nitro benzene ring substituents is 1. The van der Waals surface area contributed by atoms with E-state index in [4.69, 9.17) is 9.05 Å². The van der Waals surface area contributed by atoms with Crippen molar-refractivity contribution in [2.45, 2.75) is 31.3 Å². The highest BCUT2D eigenvalue weighted by atomic mass is 31.2. The van der Waals surface area contributed by atoms with Gasteiger partial charge in [0.25, 0.3) is 5.69 Å². The molecule has 1 N–H and O–H groups in total. The van der Waals surface area contributed by atoms with E-state index in [-0.39, 0.29) is 5.69 Å². The number of nitro groups is 2. The molecule has 0 aliphatic heterocycles. The molecule has 0 aromatic heterocycles. The number of nitrogens with one attached hydrogen (secondary N) is 1. The normalized spacial score (nSPS) is 20.0. The minimum atomic E-state index is -3.54. The number of benzene rings is 1. The van der Waals surface area contributed by atoms with Crippen LogP contribution in [0.2, 0.25) is 0 Å². The third-order valence-corrected chi connectivity index (χ3v) is 7.23. The van der Waals surface area contributed by atoms with Crippen LogP contribution < -0.4 is 5.43 Å². The lowest BCUT2D eigenvalue weighted by molar-refractivity contribution is -0.393. The van der Waals surface area contributed by atoms with Crippen molar-refractivity contribution in [3.63, 3.8) is 0 Å². The molecule has 0 spiro atoms. The first-order chi connectivity index (χ1) is 13.2. The number of hydrazone groups is 1. The monoisotopic (exact) mass is 412 g/mol. The average Bonchev–Trinajstić information content (AvgIpc) is 2.68. The van der Waals surface area contributed by atoms with Crippen molar-refractivity contribution < 1.29 is 23.5 Å². The van der Waals surface area contributed by atoms with E-state index in [0.29, 0.717) is 19.3 Å². The Balaban J connectivity index is 2.36. The molecule has 0 saturated carbocycles. The summed E-state index contributed by atoms with van der Waals surface area (Å²) >= 11 is 0. The molecule has 1 atom stereocenters. The van der Waals surface area contributed by atoms with Gasteiger partial charge in [-0.1, -0.05) is 11.6 Å². The number of nitro benzene ring substituents is 2. The first kappa shape index (κ1) is 21.7. The maximum Gasteiger partial charge on any atom is 0.341 e. The molecule has 152 valence electrons. The van der Waals surface area contributed by atoms with Gasteiger partial charge in [-0.05, 0) is 32.3 Å². The molecule has 11 nitrogen and oxygen atoms in total. The second-order valence-corrected chi connectivity index (χ2v) is 8.92. The fourth-order valence-corrected chi connectivity index (χ4v) is 4.72. The van der Waals surface area contributed by atoms with Crippen LogP contribution in [0.4, 0.5) is 17.1 Å². The second kappa shape index (κ2) is 8.59. The van der Waals surface area contributed by atoms with Crippen molar-refractivity contribution in [1.29, 1.82) is 0 Å². The number of anilines is 1. The van der Waals surface area contributed by atoms with Crippen LogP contribution >= 0.6 is 7.60 Å². The average molecular weight is 412 g/mol. The van der Waals surface area contributed by atoms with E-state index in [1.165, 1.54) is 26.5 Å². The number of hydrogen-bond acceptors (Lipinski definition) is 9. The summed E-state index contributed by atoms with van der Waals surface area (Å²) in [4.78, 5) is 20.6. The molecule has 1 unspecified atom stereocenters. The highest BCUT2D eigenvalue weighted by Gasteiger charge is 2.49. The molecule has 1 aliphatic rings. The van der Waals surface area contributed by atoms with E-state index >= 15 is 0 Å². The predicted molar refractivity (Wildman–Crippen MR) is 104 cm³/mol. The molecular weight excluding hydrogens is 391 g/mol. The minimum Gasteiger partial charge on any atom is -0.311 e. The van der Waals surface area contributed by atoms with E-state index in [1.807, 2.05) is 13.0 Å². The van der Waals surface area contributed by atoms with Crippen LogP contribution in [0.25, 0.3) is 0 Å². The number of hydrogen-bond donors (Lipinski definition) is 1. The van der Waals surface area contributed by atoms with Gasteiger partial charge in [0.15, 0.2) is 0 Å². The molecule has 2 rings (SSSR count). The SMILES string of the molecule is COP(=O)(OC)C1(/C=N/Nc2ccc([N+](=O)[O-])cc2[N+](=O)[O-])CC=C(C)CC1. The van der Waals surface area contributed by atoms with Gasteiger partial charge in [0.05, 0.1) is 15.9 Å². The molecule has 1 aromatic rings. The second-order valence-electron chi connectivity index (χ2n) is 6.31. The van der Waals surface area contributed by atoms with E-state index in [9.17, 15) is 24.8 Å². The Morgan fingerprint density at radius 3 is 2.43 bits per heavy atom. The van der Waals surface area contributed by atoms with Crippen molar-refractivity contribution in [2.75, 3.05) is 19.6 Å². The summed E-state index contributed by atoms with van der Waals surface area (Å²) in [5, 5.41) is 25.0. The topological polar surface area (TPSA) is 146 Å². The van der Waals surface area contributed by atoms with E-state index < -0.39 is 34.0 Å². The van der Waals surface area contributed by atoms with Crippen molar-refractivity contribution in [2.24, 2.45) is 5.10 Å². The molecule has 12 heteroatoms. The predicted octanol–water partition coefficient (Wildman–Crippen LogP) is 4.26. The summed E-state index contributed by atoms with van der Waals surface area (Å²) in [6.07, 6.45) is 4.80. The molecule has 0 bridgehead atoms. The quantitative estimate of drug-likeness (QED) is 0.219. The Kier molecular flexibility index (Phi) is 6.65. The van der Waals surface area contributed by atoms with Crippen LogP contribution in [0.15, 0.2) is 34.9 Å². The number of allylic oxidation sites excluding steroid dienone is 2. The van der Waals surface area contributed by atoms with Gasteiger partial charge < -0.3 is 9.05 Å². The molecule has 0 radical (unpaired) electrons. The van der Waals surface area contributed by atoms with Crippen LogP contribution in [0.5, 0.6) is 0 Å². The van der Waals surface area contributed by atoms with Crippen molar-refractivity contribution in [1.82, 2.24) is 0 Å². The summed E-state index contributed by atoms with van der Waals surface area (Å²) in [5.41, 5.74) is 2.72.